The van der Waals surface area contributed by atoms with E-state index in [1.807, 2.05) is 0 Å². The fraction of sp³-hybridized carbons (Fsp3) is 1.00. The first-order valence-electron chi connectivity index (χ1n) is 5.01. The highest BCUT2D eigenvalue weighted by atomic mass is 15.1. The Morgan fingerprint density at radius 2 is 2.27 bits per heavy atom. The van der Waals surface area contributed by atoms with Crippen molar-refractivity contribution < 1.29 is 0 Å². The molecule has 1 aliphatic heterocycles. The highest BCUT2D eigenvalue weighted by molar-refractivity contribution is 4.69. The molecule has 0 bridgehead atoms. The Labute approximate surface area is 70.8 Å². The molecule has 1 fully saturated rings. The highest BCUT2D eigenvalue weighted by Crippen LogP contribution is 2.20. The van der Waals surface area contributed by atoms with Crippen LogP contribution in [0.15, 0.2) is 0 Å². The molecule has 0 aromatic carbocycles. The molecule has 0 unspecified atom stereocenters. The molecule has 0 aliphatic carbocycles. The number of unbranched alkanes of at least 4 members (excludes halogenated alkanes) is 1. The molecule has 1 nitrogen and oxygen atoms in total. The van der Waals surface area contributed by atoms with Crippen molar-refractivity contribution in [3.63, 3.8) is 0 Å². The van der Waals surface area contributed by atoms with Gasteiger partial charge in [0, 0.05) is 6.54 Å². The van der Waals surface area contributed by atoms with Crippen molar-refractivity contribution in [1.82, 2.24) is 4.90 Å². The Balaban J connectivity index is 2.12. The van der Waals surface area contributed by atoms with Crippen LogP contribution in [0.3, 0.4) is 0 Å². The van der Waals surface area contributed by atoms with Crippen LogP contribution in [0.25, 0.3) is 0 Å². The van der Waals surface area contributed by atoms with Crippen LogP contribution in [-0.4, -0.2) is 25.0 Å². The van der Waals surface area contributed by atoms with Crippen LogP contribution in [0.1, 0.15) is 39.0 Å². The van der Waals surface area contributed by atoms with Crippen LogP contribution < -0.4 is 0 Å². The summed E-state index contributed by atoms with van der Waals surface area (Å²) in [7, 11) is 2.25. The third-order valence-electron chi connectivity index (χ3n) is 2.69. The second-order valence-corrected chi connectivity index (χ2v) is 3.91. The largest absolute Gasteiger partial charge is 0.306 e. The van der Waals surface area contributed by atoms with Crippen LogP contribution in [-0.2, 0) is 0 Å². The SMILES string of the molecule is CCCC[C@H]1CCCN(C)C1. The van der Waals surface area contributed by atoms with Crippen LogP contribution in [0, 0.1) is 5.92 Å². The van der Waals surface area contributed by atoms with E-state index in [2.05, 4.69) is 18.9 Å². The van der Waals surface area contributed by atoms with Crippen LogP contribution in [0.4, 0.5) is 0 Å². The van der Waals surface area contributed by atoms with Gasteiger partial charge in [0.2, 0.25) is 0 Å². The summed E-state index contributed by atoms with van der Waals surface area (Å²) in [6, 6.07) is 0. The van der Waals surface area contributed by atoms with Crippen molar-refractivity contribution in [3.05, 3.63) is 0 Å². The summed E-state index contributed by atoms with van der Waals surface area (Å²) in [6.07, 6.45) is 7.15. The quantitative estimate of drug-likeness (QED) is 0.605. The van der Waals surface area contributed by atoms with Crippen molar-refractivity contribution in [2.45, 2.75) is 39.0 Å². The monoisotopic (exact) mass is 155 g/mol. The molecule has 1 saturated heterocycles. The summed E-state index contributed by atoms with van der Waals surface area (Å²) < 4.78 is 0. The summed E-state index contributed by atoms with van der Waals surface area (Å²) in [5.74, 6) is 1.01. The molecule has 11 heavy (non-hydrogen) atoms. The first-order chi connectivity index (χ1) is 5.33. The van der Waals surface area contributed by atoms with E-state index >= 15 is 0 Å². The van der Waals surface area contributed by atoms with Gasteiger partial charge in [0.15, 0.2) is 0 Å². The van der Waals surface area contributed by atoms with E-state index in [9.17, 15) is 0 Å². The summed E-state index contributed by atoms with van der Waals surface area (Å²) >= 11 is 0. The number of nitrogens with zero attached hydrogens (tertiary/aromatic N) is 1. The summed E-state index contributed by atoms with van der Waals surface area (Å²) in [5, 5.41) is 0. The molecule has 1 atom stereocenters. The van der Waals surface area contributed by atoms with Gasteiger partial charge in [0.1, 0.15) is 0 Å². The molecular formula is C10H21N. The van der Waals surface area contributed by atoms with Crippen molar-refractivity contribution in [2.24, 2.45) is 5.92 Å². The molecule has 0 radical (unpaired) electrons. The van der Waals surface area contributed by atoms with E-state index in [1.165, 1.54) is 45.2 Å². The maximum Gasteiger partial charge on any atom is 0.000661 e. The minimum Gasteiger partial charge on any atom is -0.306 e. The van der Waals surface area contributed by atoms with Gasteiger partial charge in [-0.05, 0) is 38.8 Å². The Morgan fingerprint density at radius 3 is 2.91 bits per heavy atom. The predicted molar refractivity (Wildman–Crippen MR) is 49.7 cm³/mol. The van der Waals surface area contributed by atoms with E-state index in [1.54, 1.807) is 0 Å². The zero-order valence-electron chi connectivity index (χ0n) is 7.97. The molecule has 1 rings (SSSR count). The first kappa shape index (κ1) is 9.05. The van der Waals surface area contributed by atoms with Crippen molar-refractivity contribution in [3.8, 4) is 0 Å². The van der Waals surface area contributed by atoms with Gasteiger partial charge in [0.05, 0.1) is 0 Å². The second kappa shape index (κ2) is 4.76. The zero-order chi connectivity index (χ0) is 8.10. The van der Waals surface area contributed by atoms with Crippen LogP contribution in [0.5, 0.6) is 0 Å². The van der Waals surface area contributed by atoms with Crippen molar-refractivity contribution >= 4 is 0 Å². The minimum absolute atomic E-state index is 1.01. The number of rotatable bonds is 3. The maximum atomic E-state index is 2.48. The molecule has 1 aliphatic rings. The molecule has 0 spiro atoms. The van der Waals surface area contributed by atoms with Gasteiger partial charge in [-0.25, -0.2) is 0 Å². The normalized spacial score (nSPS) is 27.3. The lowest BCUT2D eigenvalue weighted by atomic mass is 9.93. The van der Waals surface area contributed by atoms with E-state index in [-0.39, 0.29) is 0 Å². The topological polar surface area (TPSA) is 3.24 Å². The highest BCUT2D eigenvalue weighted by Gasteiger charge is 2.15. The summed E-state index contributed by atoms with van der Waals surface area (Å²) in [6.45, 7) is 4.95. The number of hydrogen-bond donors (Lipinski definition) is 0. The zero-order valence-corrected chi connectivity index (χ0v) is 7.97. The number of hydrogen-bond acceptors (Lipinski definition) is 1. The Morgan fingerprint density at radius 1 is 1.45 bits per heavy atom. The minimum atomic E-state index is 1.01. The molecule has 1 heteroatoms. The molecule has 0 saturated carbocycles. The molecule has 66 valence electrons. The van der Waals surface area contributed by atoms with Crippen molar-refractivity contribution in [2.75, 3.05) is 20.1 Å². The number of likely N-dealkylation sites (tertiary alicyclic amines) is 1. The lowest BCUT2D eigenvalue weighted by Gasteiger charge is -2.29. The smallest absolute Gasteiger partial charge is 0.000661 e. The second-order valence-electron chi connectivity index (χ2n) is 3.91. The van der Waals surface area contributed by atoms with E-state index in [4.69, 9.17) is 0 Å². The third-order valence-corrected chi connectivity index (χ3v) is 2.69. The molecule has 0 aromatic heterocycles. The molecular weight excluding hydrogens is 134 g/mol. The van der Waals surface area contributed by atoms with Crippen LogP contribution >= 0.6 is 0 Å². The van der Waals surface area contributed by atoms with E-state index < -0.39 is 0 Å². The fourth-order valence-corrected chi connectivity index (χ4v) is 2.00. The van der Waals surface area contributed by atoms with E-state index in [0.717, 1.165) is 5.92 Å². The van der Waals surface area contributed by atoms with Gasteiger partial charge in [-0.2, -0.15) is 0 Å². The van der Waals surface area contributed by atoms with E-state index in [0.29, 0.717) is 0 Å². The van der Waals surface area contributed by atoms with Crippen LogP contribution in [0.2, 0.25) is 0 Å². The first-order valence-corrected chi connectivity index (χ1v) is 5.01. The van der Waals surface area contributed by atoms with Crippen molar-refractivity contribution in [1.29, 1.82) is 0 Å². The fourth-order valence-electron chi connectivity index (χ4n) is 2.00. The summed E-state index contributed by atoms with van der Waals surface area (Å²) in [5.41, 5.74) is 0. The van der Waals surface area contributed by atoms with Gasteiger partial charge >= 0.3 is 0 Å². The van der Waals surface area contributed by atoms with Gasteiger partial charge in [-0.1, -0.05) is 19.8 Å². The molecule has 1 heterocycles. The van der Waals surface area contributed by atoms with Gasteiger partial charge in [0.25, 0.3) is 0 Å². The predicted octanol–water partition coefficient (Wildman–Crippen LogP) is 2.52. The molecule has 0 aromatic rings. The Hall–Kier alpha value is -0.0400. The average molecular weight is 155 g/mol. The van der Waals surface area contributed by atoms with Gasteiger partial charge < -0.3 is 4.90 Å². The Kier molecular flexibility index (Phi) is 3.92. The lowest BCUT2D eigenvalue weighted by Crippen LogP contribution is -2.31. The molecule has 0 amide bonds. The number of piperidine rings is 1. The maximum absolute atomic E-state index is 2.48. The average Bonchev–Trinajstić information content (AvgIpc) is 2.01. The third kappa shape index (κ3) is 3.24. The van der Waals surface area contributed by atoms with Gasteiger partial charge in [-0.15, -0.1) is 0 Å². The summed E-state index contributed by atoms with van der Waals surface area (Å²) in [4.78, 5) is 2.48. The Bertz CT molecular complexity index is 101. The van der Waals surface area contributed by atoms with Gasteiger partial charge in [-0.3, -0.25) is 0 Å². The standard InChI is InChI=1S/C10H21N/c1-3-4-6-10-7-5-8-11(2)9-10/h10H,3-9H2,1-2H3/t10-/m0/s1. The molecule has 0 N–H and O–H groups in total. The lowest BCUT2D eigenvalue weighted by molar-refractivity contribution is 0.200.